The third kappa shape index (κ3) is 3.56. The van der Waals surface area contributed by atoms with Crippen LogP contribution in [0.25, 0.3) is 28.2 Å². The molecule has 1 aromatic carbocycles. The van der Waals surface area contributed by atoms with E-state index in [1.165, 1.54) is 24.0 Å². The van der Waals surface area contributed by atoms with Crippen LogP contribution in [0.5, 0.6) is 5.75 Å². The number of halogens is 3. The molecule has 0 unspecified atom stereocenters. The van der Waals surface area contributed by atoms with Gasteiger partial charge in [0.15, 0.2) is 17.5 Å². The number of pyridine rings is 1. The number of benzene rings is 1. The number of rotatable bonds is 5. The molecule has 0 bridgehead atoms. The lowest BCUT2D eigenvalue weighted by Gasteiger charge is -2.09. The van der Waals surface area contributed by atoms with Crippen LogP contribution < -0.4 is 10.5 Å². The Morgan fingerprint density at radius 2 is 1.79 bits per heavy atom. The maximum Gasteiger partial charge on any atom is 0.182 e. The van der Waals surface area contributed by atoms with Gasteiger partial charge in [0.1, 0.15) is 28.9 Å². The molecule has 0 atom stereocenters. The van der Waals surface area contributed by atoms with Crippen molar-refractivity contribution in [1.29, 1.82) is 0 Å². The summed E-state index contributed by atoms with van der Waals surface area (Å²) in [6.45, 7) is 0. The molecule has 5 aromatic rings. The van der Waals surface area contributed by atoms with Crippen LogP contribution in [-0.4, -0.2) is 36.7 Å². The number of methoxy groups -OCH3 is 1. The van der Waals surface area contributed by atoms with Crippen molar-refractivity contribution in [2.45, 2.75) is 6.42 Å². The van der Waals surface area contributed by atoms with E-state index in [9.17, 15) is 13.2 Å². The van der Waals surface area contributed by atoms with Crippen molar-refractivity contribution in [2.24, 2.45) is 0 Å². The van der Waals surface area contributed by atoms with Gasteiger partial charge in [-0.1, -0.05) is 0 Å². The number of ether oxygens (including phenoxy) is 1. The zero-order valence-electron chi connectivity index (χ0n) is 17.7. The first kappa shape index (κ1) is 21.3. The summed E-state index contributed by atoms with van der Waals surface area (Å²) in [4.78, 5) is 17.3. The van der Waals surface area contributed by atoms with Crippen LogP contribution in [-0.2, 0) is 6.42 Å². The summed E-state index contributed by atoms with van der Waals surface area (Å²) >= 11 is 0. The van der Waals surface area contributed by atoms with E-state index in [1.54, 1.807) is 30.6 Å². The minimum absolute atomic E-state index is 0.158. The normalized spacial score (nSPS) is 11.2. The largest absolute Gasteiger partial charge is 0.496 e. The molecule has 11 heteroatoms. The summed E-state index contributed by atoms with van der Waals surface area (Å²) in [7, 11) is 1.53. The first-order chi connectivity index (χ1) is 16.5. The molecule has 0 radical (unpaired) electrons. The van der Waals surface area contributed by atoms with Crippen molar-refractivity contribution < 1.29 is 17.9 Å². The van der Waals surface area contributed by atoms with E-state index in [-0.39, 0.29) is 23.9 Å². The molecule has 2 N–H and O–H groups in total. The van der Waals surface area contributed by atoms with Crippen LogP contribution >= 0.6 is 0 Å². The zero-order chi connectivity index (χ0) is 23.8. The molecule has 0 spiro atoms. The Kier molecular flexibility index (Phi) is 5.28. The Labute approximate surface area is 190 Å². The van der Waals surface area contributed by atoms with E-state index >= 15 is 0 Å². The Balaban J connectivity index is 1.61. The first-order valence-corrected chi connectivity index (χ1v) is 10.0. The number of hydrogen-bond donors (Lipinski definition) is 1. The van der Waals surface area contributed by atoms with Gasteiger partial charge in [-0.05, 0) is 30.3 Å². The summed E-state index contributed by atoms with van der Waals surface area (Å²) in [5, 5.41) is 4.22. The van der Waals surface area contributed by atoms with Gasteiger partial charge in [0.25, 0.3) is 0 Å². The molecule has 0 amide bonds. The fraction of sp³-hybridized carbons (Fsp3) is 0.0870. The standard InChI is InChI=1S/C23H16F3N7O/c1-34-18-6-8-28-10-13(18)14-11-29-23(32-22(14)27)21-17-3-2-7-30-33(17)19(31-21)9-12-15(24)4-5-16(25)20(12)26/h2-8,10-11H,9H2,1H3,(H2,27,29,32). The number of aromatic nitrogens is 6. The highest BCUT2D eigenvalue weighted by molar-refractivity contribution is 5.80. The first-order valence-electron chi connectivity index (χ1n) is 10.0. The van der Waals surface area contributed by atoms with Crippen LogP contribution in [0.15, 0.2) is 55.1 Å². The van der Waals surface area contributed by atoms with Gasteiger partial charge >= 0.3 is 0 Å². The van der Waals surface area contributed by atoms with Gasteiger partial charge in [-0.2, -0.15) is 5.10 Å². The number of nitrogens with zero attached hydrogens (tertiary/aromatic N) is 6. The highest BCUT2D eigenvalue weighted by atomic mass is 19.2. The molecule has 170 valence electrons. The highest BCUT2D eigenvalue weighted by Gasteiger charge is 2.21. The van der Waals surface area contributed by atoms with Gasteiger partial charge in [0.05, 0.1) is 12.6 Å². The summed E-state index contributed by atoms with van der Waals surface area (Å²) in [6.07, 6.45) is 5.85. The molecule has 4 heterocycles. The molecule has 0 aliphatic heterocycles. The number of fused-ring (bicyclic) bond motifs is 1. The highest BCUT2D eigenvalue weighted by Crippen LogP contribution is 2.33. The van der Waals surface area contributed by atoms with Gasteiger partial charge in [0.2, 0.25) is 0 Å². The van der Waals surface area contributed by atoms with Gasteiger partial charge in [0, 0.05) is 47.9 Å². The fourth-order valence-electron chi connectivity index (χ4n) is 3.64. The second kappa shape index (κ2) is 8.43. The van der Waals surface area contributed by atoms with E-state index in [0.29, 0.717) is 28.1 Å². The second-order valence-electron chi connectivity index (χ2n) is 7.26. The molecule has 4 aromatic heterocycles. The van der Waals surface area contributed by atoms with Crippen LogP contribution in [0, 0.1) is 17.5 Å². The smallest absolute Gasteiger partial charge is 0.182 e. The van der Waals surface area contributed by atoms with E-state index in [0.717, 1.165) is 12.1 Å². The molecular weight excluding hydrogens is 447 g/mol. The van der Waals surface area contributed by atoms with Crippen LogP contribution in [0.2, 0.25) is 0 Å². The summed E-state index contributed by atoms with van der Waals surface area (Å²) in [6, 6.07) is 6.67. The molecular formula is C23H16F3N7O. The molecule has 8 nitrogen and oxygen atoms in total. The summed E-state index contributed by atoms with van der Waals surface area (Å²) in [5.41, 5.74) is 7.68. The fourth-order valence-corrected chi connectivity index (χ4v) is 3.64. The number of hydrogen-bond acceptors (Lipinski definition) is 7. The summed E-state index contributed by atoms with van der Waals surface area (Å²) in [5.74, 6) is -2.24. The third-order valence-corrected chi connectivity index (χ3v) is 5.27. The van der Waals surface area contributed by atoms with E-state index < -0.39 is 23.0 Å². The lowest BCUT2D eigenvalue weighted by molar-refractivity contribution is 0.416. The van der Waals surface area contributed by atoms with E-state index in [4.69, 9.17) is 10.5 Å². The molecule has 0 fully saturated rings. The number of anilines is 1. The molecule has 0 aliphatic carbocycles. The predicted octanol–water partition coefficient (Wildman–Crippen LogP) is 3.85. The Morgan fingerprint density at radius 3 is 2.59 bits per heavy atom. The predicted molar refractivity (Wildman–Crippen MR) is 117 cm³/mol. The van der Waals surface area contributed by atoms with Crippen molar-refractivity contribution in [3.05, 3.63) is 84.0 Å². The van der Waals surface area contributed by atoms with E-state index in [2.05, 4.69) is 25.0 Å². The van der Waals surface area contributed by atoms with Gasteiger partial charge in [-0.3, -0.25) is 4.98 Å². The third-order valence-electron chi connectivity index (χ3n) is 5.27. The SMILES string of the molecule is COc1ccncc1-c1cnc(-c2nc(Cc3c(F)ccc(F)c3F)n3ncccc23)nc1N. The van der Waals surface area contributed by atoms with Gasteiger partial charge < -0.3 is 10.5 Å². The quantitative estimate of drug-likeness (QED) is 0.395. The van der Waals surface area contributed by atoms with Crippen molar-refractivity contribution in [3.8, 4) is 28.4 Å². The van der Waals surface area contributed by atoms with Crippen molar-refractivity contribution in [2.75, 3.05) is 12.8 Å². The van der Waals surface area contributed by atoms with E-state index in [1.807, 2.05) is 0 Å². The molecule has 34 heavy (non-hydrogen) atoms. The minimum Gasteiger partial charge on any atom is -0.496 e. The van der Waals surface area contributed by atoms with Crippen LogP contribution in [0.1, 0.15) is 11.4 Å². The average molecular weight is 463 g/mol. The maximum atomic E-state index is 14.3. The van der Waals surface area contributed by atoms with Gasteiger partial charge in [-0.15, -0.1) is 0 Å². The second-order valence-corrected chi connectivity index (χ2v) is 7.26. The summed E-state index contributed by atoms with van der Waals surface area (Å²) < 4.78 is 49.0. The van der Waals surface area contributed by atoms with Crippen molar-refractivity contribution in [1.82, 2.24) is 29.5 Å². The lowest BCUT2D eigenvalue weighted by atomic mass is 10.1. The molecule has 0 aliphatic rings. The number of nitrogen functional groups attached to an aromatic ring is 1. The van der Waals surface area contributed by atoms with Gasteiger partial charge in [-0.25, -0.2) is 32.6 Å². The Hall–Kier alpha value is -4.54. The van der Waals surface area contributed by atoms with Crippen LogP contribution in [0.4, 0.5) is 19.0 Å². The minimum atomic E-state index is -1.27. The molecule has 0 saturated carbocycles. The number of nitrogens with two attached hydrogens (primary N) is 1. The molecule has 0 saturated heterocycles. The monoisotopic (exact) mass is 463 g/mol. The number of imidazole rings is 1. The average Bonchev–Trinajstić information content (AvgIpc) is 3.22. The maximum absolute atomic E-state index is 14.3. The topological polar surface area (TPSA) is 104 Å². The van der Waals surface area contributed by atoms with Crippen LogP contribution in [0.3, 0.4) is 0 Å². The Morgan fingerprint density at radius 1 is 0.971 bits per heavy atom. The molecule has 5 rings (SSSR count). The lowest BCUT2D eigenvalue weighted by Crippen LogP contribution is -2.05. The Bertz CT molecular complexity index is 1540. The van der Waals surface area contributed by atoms with Crippen molar-refractivity contribution >= 4 is 11.3 Å². The zero-order valence-corrected chi connectivity index (χ0v) is 17.7. The van der Waals surface area contributed by atoms with Crippen molar-refractivity contribution in [3.63, 3.8) is 0 Å².